The van der Waals surface area contributed by atoms with Crippen LogP contribution in [0, 0.1) is 0 Å². The van der Waals surface area contributed by atoms with Crippen molar-refractivity contribution < 1.29 is 32.3 Å². The molecule has 1 aromatic carbocycles. The van der Waals surface area contributed by atoms with E-state index in [1.54, 1.807) is 0 Å². The van der Waals surface area contributed by atoms with Gasteiger partial charge < -0.3 is 21.1 Å². The standard InChI is InChI=1S/C15H17F3N4O4S/c16-15(17,18)26-10-3-1-8(2-4-10)20-13(25)7-27-14-21-9(5-11(19)23)6-12(24)22-14/h1-4,9,14,21H,5-7H2,(H2,19,23)(H,20,25)(H,22,24). The first kappa shape index (κ1) is 20.8. The van der Waals surface area contributed by atoms with E-state index in [0.29, 0.717) is 5.69 Å². The smallest absolute Gasteiger partial charge is 0.406 e. The number of thioether (sulfide) groups is 1. The van der Waals surface area contributed by atoms with Gasteiger partial charge in [0.15, 0.2) is 0 Å². The Morgan fingerprint density at radius 3 is 2.56 bits per heavy atom. The van der Waals surface area contributed by atoms with E-state index in [1.807, 2.05) is 0 Å². The second-order valence-electron chi connectivity index (χ2n) is 5.62. The summed E-state index contributed by atoms with van der Waals surface area (Å²) in [6.45, 7) is 0. The molecule has 2 rings (SSSR count). The Labute approximate surface area is 156 Å². The summed E-state index contributed by atoms with van der Waals surface area (Å²) in [4.78, 5) is 34.5. The molecule has 0 saturated carbocycles. The lowest BCUT2D eigenvalue weighted by Crippen LogP contribution is -2.55. The zero-order chi connectivity index (χ0) is 20.0. The highest BCUT2D eigenvalue weighted by Crippen LogP contribution is 2.24. The molecule has 3 amide bonds. The second-order valence-corrected chi connectivity index (χ2v) is 6.71. The maximum atomic E-state index is 12.1. The average molecular weight is 406 g/mol. The maximum absolute atomic E-state index is 12.1. The first-order valence-electron chi connectivity index (χ1n) is 7.72. The van der Waals surface area contributed by atoms with Gasteiger partial charge in [0.05, 0.1) is 5.75 Å². The van der Waals surface area contributed by atoms with Gasteiger partial charge in [-0.25, -0.2) is 0 Å². The number of halogens is 3. The lowest BCUT2D eigenvalue weighted by atomic mass is 10.1. The van der Waals surface area contributed by atoms with E-state index >= 15 is 0 Å². The molecule has 1 aromatic rings. The van der Waals surface area contributed by atoms with Crippen LogP contribution in [0.2, 0.25) is 0 Å². The number of ether oxygens (including phenoxy) is 1. The van der Waals surface area contributed by atoms with Crippen molar-refractivity contribution in [3.05, 3.63) is 24.3 Å². The monoisotopic (exact) mass is 406 g/mol. The van der Waals surface area contributed by atoms with E-state index in [4.69, 9.17) is 5.73 Å². The molecule has 1 aliphatic rings. The van der Waals surface area contributed by atoms with Crippen molar-refractivity contribution in [1.29, 1.82) is 0 Å². The Kier molecular flexibility index (Phi) is 6.91. The summed E-state index contributed by atoms with van der Waals surface area (Å²) in [5, 5.41) is 8.13. The van der Waals surface area contributed by atoms with E-state index in [1.165, 1.54) is 12.1 Å². The molecule has 0 spiro atoms. The largest absolute Gasteiger partial charge is 0.573 e. The van der Waals surface area contributed by atoms with Gasteiger partial charge >= 0.3 is 6.36 Å². The Balaban J connectivity index is 1.80. The summed E-state index contributed by atoms with van der Waals surface area (Å²) in [6, 6.07) is 4.29. The number of primary amides is 1. The second kappa shape index (κ2) is 8.95. The van der Waals surface area contributed by atoms with Crippen molar-refractivity contribution in [2.24, 2.45) is 5.73 Å². The molecule has 0 aliphatic carbocycles. The average Bonchev–Trinajstić information content (AvgIpc) is 2.52. The van der Waals surface area contributed by atoms with Crippen molar-refractivity contribution in [2.45, 2.75) is 30.7 Å². The quantitative estimate of drug-likeness (QED) is 0.534. The van der Waals surface area contributed by atoms with Gasteiger partial charge in [-0.05, 0) is 24.3 Å². The molecule has 1 saturated heterocycles. The molecular weight excluding hydrogens is 389 g/mol. The Bertz CT molecular complexity index is 697. The van der Waals surface area contributed by atoms with Gasteiger partial charge in [-0.15, -0.1) is 24.9 Å². The first-order chi connectivity index (χ1) is 12.6. The number of nitrogens with two attached hydrogens (primary N) is 1. The molecule has 2 atom stereocenters. The van der Waals surface area contributed by atoms with Gasteiger partial charge in [0, 0.05) is 24.6 Å². The number of rotatable bonds is 7. The fraction of sp³-hybridized carbons (Fsp3) is 0.400. The predicted molar refractivity (Wildman–Crippen MR) is 91.5 cm³/mol. The Hall–Kier alpha value is -2.47. The van der Waals surface area contributed by atoms with Crippen LogP contribution in [0.25, 0.3) is 0 Å². The van der Waals surface area contributed by atoms with E-state index in [2.05, 4.69) is 20.7 Å². The van der Waals surface area contributed by atoms with Gasteiger partial charge in [0.25, 0.3) is 0 Å². The van der Waals surface area contributed by atoms with Crippen LogP contribution >= 0.6 is 11.8 Å². The molecule has 2 unspecified atom stereocenters. The third kappa shape index (κ3) is 7.74. The van der Waals surface area contributed by atoms with E-state index in [9.17, 15) is 27.6 Å². The van der Waals surface area contributed by atoms with E-state index < -0.39 is 35.5 Å². The van der Waals surface area contributed by atoms with Crippen LogP contribution in [0.1, 0.15) is 12.8 Å². The third-order valence-corrected chi connectivity index (χ3v) is 4.33. The number of alkyl halides is 3. The highest BCUT2D eigenvalue weighted by atomic mass is 32.2. The van der Waals surface area contributed by atoms with Gasteiger partial charge in [-0.3, -0.25) is 19.7 Å². The van der Waals surface area contributed by atoms with Crippen molar-refractivity contribution in [1.82, 2.24) is 10.6 Å². The van der Waals surface area contributed by atoms with Crippen molar-refractivity contribution in [3.63, 3.8) is 0 Å². The predicted octanol–water partition coefficient (Wildman–Crippen LogP) is 0.894. The van der Waals surface area contributed by atoms with Crippen LogP contribution in [-0.4, -0.2) is 41.4 Å². The van der Waals surface area contributed by atoms with Crippen LogP contribution in [0.4, 0.5) is 18.9 Å². The minimum Gasteiger partial charge on any atom is -0.406 e. The molecular formula is C15H17F3N4O4S. The number of carbonyl (C=O) groups excluding carboxylic acids is 3. The Morgan fingerprint density at radius 1 is 1.30 bits per heavy atom. The summed E-state index contributed by atoms with van der Waals surface area (Å²) >= 11 is 1.09. The highest BCUT2D eigenvalue weighted by Gasteiger charge is 2.31. The normalized spacial score (nSPS) is 19.9. The number of hydrogen-bond donors (Lipinski definition) is 4. The molecule has 1 fully saturated rings. The summed E-state index contributed by atoms with van der Waals surface area (Å²) in [6.07, 6.45) is -4.67. The van der Waals surface area contributed by atoms with Crippen LogP contribution < -0.4 is 26.4 Å². The zero-order valence-corrected chi connectivity index (χ0v) is 14.7. The summed E-state index contributed by atoms with van der Waals surface area (Å²) in [5.74, 6) is -1.66. The molecule has 5 N–H and O–H groups in total. The molecule has 1 heterocycles. The van der Waals surface area contributed by atoms with Gasteiger partial charge in [0.1, 0.15) is 11.2 Å². The summed E-state index contributed by atoms with van der Waals surface area (Å²) < 4.78 is 40.0. The fourth-order valence-electron chi connectivity index (χ4n) is 2.30. The van der Waals surface area contributed by atoms with Crippen LogP contribution in [0.5, 0.6) is 5.75 Å². The lowest BCUT2D eigenvalue weighted by Gasteiger charge is -2.30. The lowest BCUT2D eigenvalue weighted by molar-refractivity contribution is -0.274. The molecule has 148 valence electrons. The molecule has 12 heteroatoms. The van der Waals surface area contributed by atoms with Crippen molar-refractivity contribution in [3.8, 4) is 5.75 Å². The molecule has 0 aromatic heterocycles. The topological polar surface area (TPSA) is 123 Å². The van der Waals surface area contributed by atoms with E-state index in [0.717, 1.165) is 23.9 Å². The molecule has 8 nitrogen and oxygen atoms in total. The third-order valence-electron chi connectivity index (χ3n) is 3.31. The maximum Gasteiger partial charge on any atom is 0.573 e. The number of benzene rings is 1. The summed E-state index contributed by atoms with van der Waals surface area (Å²) in [5.41, 5.74) is 4.84. The number of amides is 3. The number of hydrogen-bond acceptors (Lipinski definition) is 6. The van der Waals surface area contributed by atoms with Crippen molar-refractivity contribution >= 4 is 35.2 Å². The SMILES string of the molecule is NC(=O)CC1CC(=O)NC(SCC(=O)Nc2ccc(OC(F)(F)F)cc2)N1. The van der Waals surface area contributed by atoms with Crippen LogP contribution in [0.15, 0.2) is 24.3 Å². The molecule has 0 bridgehead atoms. The molecule has 1 aliphatic heterocycles. The Morgan fingerprint density at radius 2 is 1.96 bits per heavy atom. The zero-order valence-electron chi connectivity index (χ0n) is 13.8. The minimum atomic E-state index is -4.79. The van der Waals surface area contributed by atoms with Crippen molar-refractivity contribution in [2.75, 3.05) is 11.1 Å². The van der Waals surface area contributed by atoms with Gasteiger partial charge in [-0.1, -0.05) is 0 Å². The first-order valence-corrected chi connectivity index (χ1v) is 8.76. The van der Waals surface area contributed by atoms with Gasteiger partial charge in [-0.2, -0.15) is 0 Å². The highest BCUT2D eigenvalue weighted by molar-refractivity contribution is 8.00. The summed E-state index contributed by atoms with van der Waals surface area (Å²) in [7, 11) is 0. The van der Waals surface area contributed by atoms with Gasteiger partial charge in [0.2, 0.25) is 17.7 Å². The number of nitrogens with one attached hydrogen (secondary N) is 3. The van der Waals surface area contributed by atoms with Crippen LogP contribution in [0.3, 0.4) is 0 Å². The fourth-order valence-corrected chi connectivity index (χ4v) is 3.20. The van der Waals surface area contributed by atoms with Crippen LogP contribution in [-0.2, 0) is 14.4 Å². The molecule has 0 radical (unpaired) electrons. The van der Waals surface area contributed by atoms with E-state index in [-0.39, 0.29) is 24.5 Å². The number of carbonyl (C=O) groups is 3. The molecule has 27 heavy (non-hydrogen) atoms. The minimum absolute atomic E-state index is 0.00300. The number of anilines is 1.